The number of carboxylic acid groups (broad SMARTS) is 1. The van der Waals surface area contributed by atoms with Crippen LogP contribution in [0.3, 0.4) is 0 Å². The first-order valence-corrected chi connectivity index (χ1v) is 11.9. The van der Waals surface area contributed by atoms with Crippen LogP contribution in [0.2, 0.25) is 0 Å². The Morgan fingerprint density at radius 2 is 1.62 bits per heavy atom. The van der Waals surface area contributed by atoms with Crippen molar-refractivity contribution in [2.45, 2.75) is 31.6 Å². The van der Waals surface area contributed by atoms with Crippen molar-refractivity contribution in [1.29, 1.82) is 0 Å². The molecule has 0 saturated carbocycles. The smallest absolute Gasteiger partial charge is 0.475 e. The molecule has 210 valence electrons. The number of fused-ring (bicyclic) bond motifs is 1. The standard InChI is InChI=1S/C24H20F3N5O.C2HF3O2/c25-24(26,27)21-9-8-18(23(31-21)32-11-2-1-3-12-32)20-14-22(30-15-29-20)33-17-7-6-16-5-4-10-28-19(16)13-17;3-2(4,5)1(6)7/h4-10,13-15H,1-3,11-12H2;(H,6,7). The van der Waals surface area contributed by atoms with E-state index >= 15 is 0 Å². The Labute approximate surface area is 223 Å². The lowest BCUT2D eigenvalue weighted by atomic mass is 10.1. The first-order valence-electron chi connectivity index (χ1n) is 11.9. The van der Waals surface area contributed by atoms with Crippen LogP contribution < -0.4 is 9.64 Å². The fourth-order valence-electron chi connectivity index (χ4n) is 3.93. The number of nitrogens with zero attached hydrogens (tertiary/aromatic N) is 5. The zero-order valence-electron chi connectivity index (χ0n) is 20.6. The van der Waals surface area contributed by atoms with E-state index in [-0.39, 0.29) is 11.7 Å². The fourth-order valence-corrected chi connectivity index (χ4v) is 3.93. The van der Waals surface area contributed by atoms with E-state index < -0.39 is 24.0 Å². The molecule has 5 rings (SSSR count). The van der Waals surface area contributed by atoms with Gasteiger partial charge in [0.05, 0.1) is 11.2 Å². The maximum absolute atomic E-state index is 13.4. The molecule has 3 aromatic heterocycles. The highest BCUT2D eigenvalue weighted by molar-refractivity contribution is 5.80. The number of carboxylic acids is 1. The number of rotatable bonds is 4. The maximum atomic E-state index is 13.4. The summed E-state index contributed by atoms with van der Waals surface area (Å²) in [6, 6.07) is 13.3. The van der Waals surface area contributed by atoms with Crippen molar-refractivity contribution in [3.8, 4) is 22.9 Å². The van der Waals surface area contributed by atoms with Crippen molar-refractivity contribution in [2.75, 3.05) is 18.0 Å². The third kappa shape index (κ3) is 7.12. The van der Waals surface area contributed by atoms with Crippen LogP contribution in [0.5, 0.6) is 11.6 Å². The Kier molecular flexibility index (Phi) is 8.35. The van der Waals surface area contributed by atoms with Crippen molar-refractivity contribution in [3.05, 3.63) is 66.7 Å². The van der Waals surface area contributed by atoms with E-state index in [1.165, 1.54) is 12.4 Å². The number of piperidine rings is 1. The average Bonchev–Trinajstić information content (AvgIpc) is 2.92. The first-order chi connectivity index (χ1) is 18.9. The molecule has 0 aliphatic carbocycles. The molecule has 4 aromatic rings. The lowest BCUT2D eigenvalue weighted by Crippen LogP contribution is -2.31. The molecule has 1 aliphatic heterocycles. The molecule has 0 bridgehead atoms. The summed E-state index contributed by atoms with van der Waals surface area (Å²) in [5, 5.41) is 8.11. The Bertz CT molecular complexity index is 1490. The molecule has 40 heavy (non-hydrogen) atoms. The lowest BCUT2D eigenvalue weighted by molar-refractivity contribution is -0.192. The summed E-state index contributed by atoms with van der Waals surface area (Å²) >= 11 is 0. The highest BCUT2D eigenvalue weighted by Crippen LogP contribution is 2.36. The summed E-state index contributed by atoms with van der Waals surface area (Å²) < 4.78 is 77.7. The third-order valence-corrected chi connectivity index (χ3v) is 5.78. The highest BCUT2D eigenvalue weighted by Gasteiger charge is 2.38. The largest absolute Gasteiger partial charge is 0.490 e. The van der Waals surface area contributed by atoms with Gasteiger partial charge in [-0.25, -0.2) is 19.7 Å². The summed E-state index contributed by atoms with van der Waals surface area (Å²) in [5.74, 6) is -1.65. The number of aliphatic carboxylic acids is 1. The molecule has 0 unspecified atom stereocenters. The van der Waals surface area contributed by atoms with E-state index in [1.54, 1.807) is 18.3 Å². The van der Waals surface area contributed by atoms with Gasteiger partial charge in [0.25, 0.3) is 0 Å². The number of ether oxygens (including phenoxy) is 1. The van der Waals surface area contributed by atoms with Crippen LogP contribution in [0.15, 0.2) is 61.1 Å². The van der Waals surface area contributed by atoms with Gasteiger partial charge in [-0.2, -0.15) is 26.3 Å². The Morgan fingerprint density at radius 1 is 0.900 bits per heavy atom. The summed E-state index contributed by atoms with van der Waals surface area (Å²) in [7, 11) is 0. The van der Waals surface area contributed by atoms with Crippen LogP contribution >= 0.6 is 0 Å². The molecule has 0 atom stereocenters. The molecular formula is C26H21F6N5O3. The minimum Gasteiger partial charge on any atom is -0.475 e. The van der Waals surface area contributed by atoms with Crippen LogP contribution in [0.25, 0.3) is 22.2 Å². The lowest BCUT2D eigenvalue weighted by Gasteiger charge is -2.29. The topological polar surface area (TPSA) is 101 Å². The van der Waals surface area contributed by atoms with E-state index in [0.29, 0.717) is 30.1 Å². The van der Waals surface area contributed by atoms with E-state index in [4.69, 9.17) is 14.6 Å². The Hall–Kier alpha value is -4.49. The van der Waals surface area contributed by atoms with E-state index in [0.717, 1.165) is 36.2 Å². The van der Waals surface area contributed by atoms with E-state index in [1.807, 2.05) is 29.2 Å². The van der Waals surface area contributed by atoms with Gasteiger partial charge in [0, 0.05) is 42.4 Å². The number of hydrogen-bond donors (Lipinski definition) is 1. The van der Waals surface area contributed by atoms with Crippen molar-refractivity contribution < 1.29 is 41.0 Å². The number of anilines is 1. The Balaban J connectivity index is 0.000000470. The van der Waals surface area contributed by atoms with Gasteiger partial charge in [0.15, 0.2) is 0 Å². The van der Waals surface area contributed by atoms with Gasteiger partial charge in [-0.1, -0.05) is 6.07 Å². The predicted octanol–water partition coefficient (Wildman–Crippen LogP) is 6.52. The number of carbonyl (C=O) groups is 1. The molecule has 0 spiro atoms. The number of aromatic nitrogens is 4. The quantitative estimate of drug-likeness (QED) is 0.279. The summed E-state index contributed by atoms with van der Waals surface area (Å²) in [4.78, 5) is 27.6. The second-order valence-electron chi connectivity index (χ2n) is 8.62. The summed E-state index contributed by atoms with van der Waals surface area (Å²) in [5.41, 5.74) is 0.822. The van der Waals surface area contributed by atoms with Gasteiger partial charge in [-0.3, -0.25) is 4.98 Å². The number of alkyl halides is 6. The SMILES string of the molecule is FC(F)(F)c1ccc(-c2cc(Oc3ccc4cccnc4c3)ncn2)c(N2CCCCC2)n1.O=C(O)C(F)(F)F. The van der Waals surface area contributed by atoms with E-state index in [9.17, 15) is 26.3 Å². The van der Waals surface area contributed by atoms with Gasteiger partial charge in [0.2, 0.25) is 5.88 Å². The molecule has 1 aromatic carbocycles. The molecule has 0 amide bonds. The molecule has 0 radical (unpaired) electrons. The van der Waals surface area contributed by atoms with Crippen LogP contribution in [0, 0.1) is 0 Å². The van der Waals surface area contributed by atoms with Crippen molar-refractivity contribution in [2.24, 2.45) is 0 Å². The number of benzene rings is 1. The molecule has 14 heteroatoms. The van der Waals surface area contributed by atoms with Crippen molar-refractivity contribution in [3.63, 3.8) is 0 Å². The van der Waals surface area contributed by atoms with Gasteiger partial charge in [-0.15, -0.1) is 0 Å². The first kappa shape index (κ1) is 28.5. The number of pyridine rings is 2. The zero-order chi connectivity index (χ0) is 28.9. The number of halogens is 6. The molecule has 1 saturated heterocycles. The summed E-state index contributed by atoms with van der Waals surface area (Å²) in [6.07, 6.45) is -3.70. The van der Waals surface area contributed by atoms with Gasteiger partial charge in [0.1, 0.15) is 23.6 Å². The van der Waals surface area contributed by atoms with Crippen LogP contribution in [0.4, 0.5) is 32.2 Å². The highest BCUT2D eigenvalue weighted by atomic mass is 19.4. The average molecular weight is 565 g/mol. The predicted molar refractivity (Wildman–Crippen MR) is 132 cm³/mol. The molecular weight excluding hydrogens is 544 g/mol. The van der Waals surface area contributed by atoms with Crippen molar-refractivity contribution >= 4 is 22.7 Å². The normalized spacial score (nSPS) is 13.9. The fraction of sp³-hybridized carbons (Fsp3) is 0.269. The molecule has 8 nitrogen and oxygen atoms in total. The zero-order valence-corrected chi connectivity index (χ0v) is 20.6. The minimum atomic E-state index is -5.08. The van der Waals surface area contributed by atoms with Crippen LogP contribution in [0.1, 0.15) is 25.0 Å². The van der Waals surface area contributed by atoms with Crippen molar-refractivity contribution in [1.82, 2.24) is 19.9 Å². The van der Waals surface area contributed by atoms with E-state index in [2.05, 4.69) is 19.9 Å². The number of hydrogen-bond acceptors (Lipinski definition) is 7. The molecule has 1 aliphatic rings. The van der Waals surface area contributed by atoms with Gasteiger partial charge in [-0.05, 0) is 49.6 Å². The van der Waals surface area contributed by atoms with Gasteiger partial charge < -0.3 is 14.7 Å². The van der Waals surface area contributed by atoms with Crippen LogP contribution in [-0.2, 0) is 11.0 Å². The molecule has 1 fully saturated rings. The monoisotopic (exact) mass is 565 g/mol. The molecule has 4 heterocycles. The Morgan fingerprint density at radius 3 is 2.30 bits per heavy atom. The van der Waals surface area contributed by atoms with Gasteiger partial charge >= 0.3 is 18.3 Å². The third-order valence-electron chi connectivity index (χ3n) is 5.78. The summed E-state index contributed by atoms with van der Waals surface area (Å²) in [6.45, 7) is 1.31. The maximum Gasteiger partial charge on any atom is 0.490 e. The van der Waals surface area contributed by atoms with Crippen LogP contribution in [-0.4, -0.2) is 50.3 Å². The minimum absolute atomic E-state index is 0.278. The second-order valence-corrected chi connectivity index (χ2v) is 8.62. The molecule has 1 N–H and O–H groups in total. The second kappa shape index (κ2) is 11.7.